The predicted molar refractivity (Wildman–Crippen MR) is 161 cm³/mol. The van der Waals surface area contributed by atoms with E-state index in [9.17, 15) is 45.3 Å². The Labute approximate surface area is 269 Å². The molecule has 258 valence electrons. The van der Waals surface area contributed by atoms with E-state index < -0.39 is 83.1 Å². The second-order valence-corrected chi connectivity index (χ2v) is 15.5. The van der Waals surface area contributed by atoms with Crippen molar-refractivity contribution in [1.82, 2.24) is 0 Å². The molecule has 14 atom stereocenters. The van der Waals surface area contributed by atoms with E-state index in [1.54, 1.807) is 6.92 Å². The molecule has 2 aliphatic heterocycles. The molecule has 12 nitrogen and oxygen atoms in total. The minimum absolute atomic E-state index is 0.000240. The molecule has 0 radical (unpaired) electrons. The van der Waals surface area contributed by atoms with Crippen molar-refractivity contribution in [2.24, 2.45) is 22.7 Å². The number of esters is 1. The zero-order valence-electron chi connectivity index (χ0n) is 27.3. The van der Waals surface area contributed by atoms with Crippen LogP contribution in [0.25, 0.3) is 0 Å². The molecule has 7 N–H and O–H groups in total. The van der Waals surface area contributed by atoms with Crippen molar-refractivity contribution >= 4 is 11.8 Å². The zero-order valence-corrected chi connectivity index (χ0v) is 27.3. The standard InChI is InChI=1S/C34H50O12/c1-16-12-24(46-28(40)17(16)2)32(5,41)34(43)11-10-33(42)21-7-6-18-13-19(44-29-27(39)26(38)25(37)22(15-35)45-29)14-23(36)31(18,4)20(21)8-9-30(33,34)3/h6,19-22,24-27,29,35,37-39,41-43H,7-15H2,1-5H3/t19-,20+,21+,22+,24-,25+,26-,27+,29+,30-,31-,32-,33+,34-/m0/s1. The molecular weight excluding hydrogens is 600 g/mol. The number of rotatable bonds is 5. The second kappa shape index (κ2) is 11.1. The molecule has 4 aliphatic carbocycles. The first-order chi connectivity index (χ1) is 21.4. The Kier molecular flexibility index (Phi) is 8.27. The van der Waals surface area contributed by atoms with Gasteiger partial charge in [-0.15, -0.1) is 0 Å². The van der Waals surface area contributed by atoms with Crippen LogP contribution in [0.5, 0.6) is 0 Å². The average Bonchev–Trinajstić information content (AvgIpc) is 3.23. The van der Waals surface area contributed by atoms with Crippen molar-refractivity contribution in [3.8, 4) is 0 Å². The lowest BCUT2D eigenvalue weighted by atomic mass is 9.44. The number of aliphatic hydroxyl groups is 7. The molecule has 0 amide bonds. The van der Waals surface area contributed by atoms with Gasteiger partial charge in [0.25, 0.3) is 0 Å². The topological polar surface area (TPSA) is 203 Å². The molecule has 3 saturated carbocycles. The fourth-order valence-corrected chi connectivity index (χ4v) is 10.2. The van der Waals surface area contributed by atoms with Crippen LogP contribution < -0.4 is 0 Å². The summed E-state index contributed by atoms with van der Waals surface area (Å²) >= 11 is 0. The lowest BCUT2D eigenvalue weighted by Gasteiger charge is -2.63. The van der Waals surface area contributed by atoms with Crippen LogP contribution in [-0.4, -0.2) is 114 Å². The van der Waals surface area contributed by atoms with E-state index in [1.165, 1.54) is 6.92 Å². The number of fused-ring (bicyclic) bond motifs is 5. The normalized spacial score (nSPS) is 50.6. The lowest BCUT2D eigenvalue weighted by Crippen LogP contribution is -2.72. The molecular formula is C34H50O12. The van der Waals surface area contributed by atoms with Gasteiger partial charge in [-0.1, -0.05) is 24.1 Å². The second-order valence-electron chi connectivity index (χ2n) is 15.5. The van der Waals surface area contributed by atoms with Gasteiger partial charge in [-0.2, -0.15) is 0 Å². The molecule has 6 aliphatic rings. The summed E-state index contributed by atoms with van der Waals surface area (Å²) in [5, 5.41) is 77.5. The molecule has 4 fully saturated rings. The van der Waals surface area contributed by atoms with Gasteiger partial charge in [0.1, 0.15) is 47.5 Å². The number of carbonyl (C=O) groups excluding carboxylic acids is 2. The highest BCUT2D eigenvalue weighted by Crippen LogP contribution is 2.70. The van der Waals surface area contributed by atoms with Gasteiger partial charge in [0, 0.05) is 23.8 Å². The smallest absolute Gasteiger partial charge is 0.334 e. The Bertz CT molecular complexity index is 1340. The Morgan fingerprint density at radius 2 is 1.67 bits per heavy atom. The Morgan fingerprint density at radius 3 is 2.33 bits per heavy atom. The van der Waals surface area contributed by atoms with Gasteiger partial charge in [0.2, 0.25) is 0 Å². The van der Waals surface area contributed by atoms with E-state index >= 15 is 0 Å². The van der Waals surface area contributed by atoms with E-state index in [4.69, 9.17) is 14.2 Å². The minimum Gasteiger partial charge on any atom is -0.455 e. The fourth-order valence-electron chi connectivity index (χ4n) is 10.2. The molecule has 2 heterocycles. The van der Waals surface area contributed by atoms with Crippen LogP contribution in [0, 0.1) is 22.7 Å². The number of ether oxygens (including phenoxy) is 3. The SMILES string of the molecule is CC1=C(C)C(=O)O[C@H]([C@](C)(O)[C@]2(O)CC[C@@]3(O)[C@@H]4CC=C5C[C@H](O[C@@H]6O[C@H](CO)[C@@H](O)[C@H](O)[C@H]6O)CC(=O)[C@]5(C)[C@@H]4CC[C@]23C)C1. The zero-order chi connectivity index (χ0) is 33.8. The van der Waals surface area contributed by atoms with Gasteiger partial charge >= 0.3 is 5.97 Å². The summed E-state index contributed by atoms with van der Waals surface area (Å²) in [5.41, 5.74) is -4.97. The number of hydrogen-bond donors (Lipinski definition) is 7. The van der Waals surface area contributed by atoms with Crippen LogP contribution in [0.3, 0.4) is 0 Å². The third kappa shape index (κ3) is 4.44. The molecule has 12 heteroatoms. The van der Waals surface area contributed by atoms with E-state index in [2.05, 4.69) is 0 Å². The Hall–Kier alpha value is -1.74. The van der Waals surface area contributed by atoms with E-state index in [1.807, 2.05) is 26.8 Å². The van der Waals surface area contributed by atoms with Crippen LogP contribution in [0.2, 0.25) is 0 Å². The van der Waals surface area contributed by atoms with Crippen LogP contribution in [0.1, 0.15) is 86.0 Å². The highest BCUT2D eigenvalue weighted by molar-refractivity contribution is 5.90. The van der Waals surface area contributed by atoms with Gasteiger partial charge < -0.3 is 50.0 Å². The maximum absolute atomic E-state index is 14.1. The first-order valence-corrected chi connectivity index (χ1v) is 16.6. The van der Waals surface area contributed by atoms with Crippen molar-refractivity contribution in [2.75, 3.05) is 6.61 Å². The average molecular weight is 651 g/mol. The molecule has 0 unspecified atom stereocenters. The largest absolute Gasteiger partial charge is 0.455 e. The molecule has 0 spiro atoms. The highest BCUT2D eigenvalue weighted by atomic mass is 16.7. The summed E-state index contributed by atoms with van der Waals surface area (Å²) in [4.78, 5) is 26.6. The number of cyclic esters (lactones) is 1. The van der Waals surface area contributed by atoms with Gasteiger partial charge in [-0.25, -0.2) is 4.79 Å². The summed E-state index contributed by atoms with van der Waals surface area (Å²) in [5.74, 6) is -1.23. The summed E-state index contributed by atoms with van der Waals surface area (Å²) in [6.45, 7) is 8.13. The third-order valence-electron chi connectivity index (χ3n) is 13.6. The molecule has 0 aromatic rings. The monoisotopic (exact) mass is 650 g/mol. The maximum atomic E-state index is 14.1. The van der Waals surface area contributed by atoms with Crippen LogP contribution in [0.15, 0.2) is 22.8 Å². The first-order valence-electron chi connectivity index (χ1n) is 16.6. The van der Waals surface area contributed by atoms with E-state index in [0.717, 1.165) is 11.1 Å². The van der Waals surface area contributed by atoms with Crippen molar-refractivity contribution in [2.45, 2.75) is 146 Å². The highest BCUT2D eigenvalue weighted by Gasteiger charge is 2.76. The van der Waals surface area contributed by atoms with Gasteiger partial charge in [0.05, 0.1) is 23.7 Å². The quantitative estimate of drug-likeness (QED) is 0.161. The molecule has 0 aromatic carbocycles. The predicted octanol–water partition coefficient (Wildman–Crippen LogP) is 0.562. The molecule has 0 bridgehead atoms. The number of carbonyl (C=O) groups is 2. The summed E-state index contributed by atoms with van der Waals surface area (Å²) in [6, 6.07) is 0. The van der Waals surface area contributed by atoms with E-state index in [0.29, 0.717) is 31.3 Å². The fraction of sp³-hybridized carbons (Fsp3) is 0.824. The van der Waals surface area contributed by atoms with Gasteiger partial charge in [-0.3, -0.25) is 4.79 Å². The van der Waals surface area contributed by atoms with Crippen molar-refractivity contribution in [1.29, 1.82) is 0 Å². The first kappa shape index (κ1) is 34.1. The number of allylic oxidation sites excluding steroid dienone is 1. The number of ketones is 1. The van der Waals surface area contributed by atoms with Crippen LogP contribution in [-0.2, 0) is 23.8 Å². The molecule has 6 rings (SSSR count). The Balaban J connectivity index is 1.25. The minimum atomic E-state index is -1.86. The third-order valence-corrected chi connectivity index (χ3v) is 13.6. The number of aliphatic hydroxyl groups excluding tert-OH is 4. The molecule has 46 heavy (non-hydrogen) atoms. The number of Topliss-reactive ketones (excluding diaryl/α,β-unsaturated/α-hetero) is 1. The summed E-state index contributed by atoms with van der Waals surface area (Å²) in [6.07, 6.45) is -4.59. The lowest BCUT2D eigenvalue weighted by molar-refractivity contribution is -0.312. The summed E-state index contributed by atoms with van der Waals surface area (Å²) < 4.78 is 17.2. The van der Waals surface area contributed by atoms with Crippen LogP contribution >= 0.6 is 0 Å². The van der Waals surface area contributed by atoms with Crippen molar-refractivity contribution in [3.05, 3.63) is 22.8 Å². The Morgan fingerprint density at radius 1 is 0.978 bits per heavy atom. The van der Waals surface area contributed by atoms with Gasteiger partial charge in [-0.05, 0) is 78.1 Å². The van der Waals surface area contributed by atoms with Crippen LogP contribution in [0.4, 0.5) is 0 Å². The summed E-state index contributed by atoms with van der Waals surface area (Å²) in [7, 11) is 0. The maximum Gasteiger partial charge on any atom is 0.334 e. The molecule has 0 aromatic heterocycles. The molecule has 1 saturated heterocycles. The van der Waals surface area contributed by atoms with Gasteiger partial charge in [0.15, 0.2) is 6.29 Å². The number of hydrogen-bond acceptors (Lipinski definition) is 12. The van der Waals surface area contributed by atoms with E-state index in [-0.39, 0.29) is 43.3 Å². The van der Waals surface area contributed by atoms with Crippen molar-refractivity contribution in [3.63, 3.8) is 0 Å². The van der Waals surface area contributed by atoms with Crippen molar-refractivity contribution < 1.29 is 59.5 Å².